The van der Waals surface area contributed by atoms with Gasteiger partial charge in [-0.05, 0) is 6.92 Å². The second-order valence-electron chi connectivity index (χ2n) is 2.05. The highest BCUT2D eigenvalue weighted by atomic mass is 15.2. The monoisotopic (exact) mass is 112 g/mol. The van der Waals surface area contributed by atoms with Crippen LogP contribution in [0.2, 0.25) is 0 Å². The number of piperazine rings is 1. The molecule has 0 aliphatic carbocycles. The van der Waals surface area contributed by atoms with E-state index in [-0.39, 0.29) is 0 Å². The van der Waals surface area contributed by atoms with E-state index in [1.54, 1.807) is 0 Å². The Balaban J connectivity index is 2.13. The second-order valence-corrected chi connectivity index (χ2v) is 2.05. The third-order valence-corrected chi connectivity index (χ3v) is 1.47. The van der Waals surface area contributed by atoms with E-state index in [9.17, 15) is 0 Å². The fourth-order valence-electron chi connectivity index (χ4n) is 0.894. The largest absolute Gasteiger partial charge is 0.314 e. The molecular weight excluding hydrogens is 100 g/mol. The molecule has 0 spiro atoms. The summed E-state index contributed by atoms with van der Waals surface area (Å²) in [5, 5.41) is 3.25. The van der Waals surface area contributed by atoms with Gasteiger partial charge < -0.3 is 10.2 Å². The highest BCUT2D eigenvalue weighted by Gasteiger charge is 2.04. The predicted molar refractivity (Wildman–Crippen MR) is 33.6 cm³/mol. The van der Waals surface area contributed by atoms with Gasteiger partial charge in [-0.2, -0.15) is 0 Å². The SMILES string of the molecule is [CH]CN1CCNCC1. The molecule has 0 aromatic carbocycles. The van der Waals surface area contributed by atoms with Crippen molar-refractivity contribution in [2.24, 2.45) is 0 Å². The van der Waals surface area contributed by atoms with E-state index in [1.807, 2.05) is 0 Å². The van der Waals surface area contributed by atoms with Crippen molar-refractivity contribution in [1.82, 2.24) is 10.2 Å². The van der Waals surface area contributed by atoms with E-state index in [1.165, 1.54) is 0 Å². The molecule has 0 atom stereocenters. The molecule has 2 radical (unpaired) electrons. The molecule has 2 nitrogen and oxygen atoms in total. The van der Waals surface area contributed by atoms with Gasteiger partial charge in [-0.25, -0.2) is 0 Å². The lowest BCUT2D eigenvalue weighted by Crippen LogP contribution is -2.43. The quantitative estimate of drug-likeness (QED) is 0.496. The van der Waals surface area contributed by atoms with Gasteiger partial charge >= 0.3 is 0 Å². The van der Waals surface area contributed by atoms with Gasteiger partial charge in [-0.15, -0.1) is 0 Å². The van der Waals surface area contributed by atoms with Crippen molar-refractivity contribution in [2.45, 2.75) is 0 Å². The summed E-state index contributed by atoms with van der Waals surface area (Å²) >= 11 is 0. The van der Waals surface area contributed by atoms with E-state index in [4.69, 9.17) is 6.92 Å². The van der Waals surface area contributed by atoms with Crippen LogP contribution in [0.1, 0.15) is 0 Å². The second kappa shape index (κ2) is 3.05. The van der Waals surface area contributed by atoms with E-state index in [0.717, 1.165) is 26.2 Å². The Morgan fingerprint density at radius 3 is 2.38 bits per heavy atom. The van der Waals surface area contributed by atoms with Crippen molar-refractivity contribution < 1.29 is 0 Å². The lowest BCUT2D eigenvalue weighted by atomic mass is 10.4. The maximum atomic E-state index is 5.40. The van der Waals surface area contributed by atoms with Gasteiger partial charge in [0.2, 0.25) is 0 Å². The lowest BCUT2D eigenvalue weighted by Gasteiger charge is -2.25. The van der Waals surface area contributed by atoms with Crippen LogP contribution in [0.5, 0.6) is 0 Å². The van der Waals surface area contributed by atoms with Crippen LogP contribution in [0.15, 0.2) is 0 Å². The van der Waals surface area contributed by atoms with Gasteiger partial charge in [0.05, 0.1) is 0 Å². The minimum absolute atomic E-state index is 0.710. The summed E-state index contributed by atoms with van der Waals surface area (Å²) in [6.45, 7) is 10.5. The molecule has 1 heterocycles. The average Bonchev–Trinajstić information content (AvgIpc) is 1.90. The summed E-state index contributed by atoms with van der Waals surface area (Å²) in [6.07, 6.45) is 0. The first-order valence-electron chi connectivity index (χ1n) is 3.06. The van der Waals surface area contributed by atoms with Crippen molar-refractivity contribution in [2.75, 3.05) is 32.7 Å². The minimum Gasteiger partial charge on any atom is -0.314 e. The molecule has 1 aliphatic heterocycles. The zero-order valence-electron chi connectivity index (χ0n) is 5.06. The number of nitrogens with one attached hydrogen (secondary N) is 1. The van der Waals surface area contributed by atoms with Gasteiger partial charge in [0, 0.05) is 32.7 Å². The van der Waals surface area contributed by atoms with E-state index >= 15 is 0 Å². The molecular formula is C6H12N2. The first-order chi connectivity index (χ1) is 3.93. The maximum absolute atomic E-state index is 5.40. The Labute approximate surface area is 50.9 Å². The smallest absolute Gasteiger partial charge is 0.0107 e. The van der Waals surface area contributed by atoms with E-state index < -0.39 is 0 Å². The molecule has 0 saturated carbocycles. The summed E-state index contributed by atoms with van der Waals surface area (Å²) < 4.78 is 0. The maximum Gasteiger partial charge on any atom is 0.0107 e. The summed E-state index contributed by atoms with van der Waals surface area (Å²) in [6, 6.07) is 0. The molecule has 46 valence electrons. The number of hydrogen-bond acceptors (Lipinski definition) is 2. The molecule has 0 aromatic rings. The Morgan fingerprint density at radius 2 is 2.00 bits per heavy atom. The van der Waals surface area contributed by atoms with Crippen LogP contribution in [0, 0.1) is 6.92 Å². The van der Waals surface area contributed by atoms with Crippen molar-refractivity contribution in [1.29, 1.82) is 0 Å². The fraction of sp³-hybridized carbons (Fsp3) is 0.833. The molecule has 2 heteroatoms. The zero-order chi connectivity index (χ0) is 5.82. The van der Waals surface area contributed by atoms with Gasteiger partial charge in [-0.1, -0.05) is 0 Å². The van der Waals surface area contributed by atoms with Gasteiger partial charge in [0.25, 0.3) is 0 Å². The Hall–Kier alpha value is -0.0800. The summed E-state index contributed by atoms with van der Waals surface area (Å²) in [5.41, 5.74) is 0. The number of rotatable bonds is 1. The summed E-state index contributed by atoms with van der Waals surface area (Å²) in [7, 11) is 0. The van der Waals surface area contributed by atoms with Gasteiger partial charge in [0.15, 0.2) is 0 Å². The van der Waals surface area contributed by atoms with Crippen molar-refractivity contribution in [3.63, 3.8) is 0 Å². The molecule has 1 rings (SSSR count). The van der Waals surface area contributed by atoms with Crippen molar-refractivity contribution >= 4 is 0 Å². The molecule has 0 unspecified atom stereocenters. The fourth-order valence-corrected chi connectivity index (χ4v) is 0.894. The normalized spacial score (nSPS) is 23.6. The lowest BCUT2D eigenvalue weighted by molar-refractivity contribution is 0.264. The van der Waals surface area contributed by atoms with Crippen molar-refractivity contribution in [3.8, 4) is 0 Å². The van der Waals surface area contributed by atoms with Gasteiger partial charge in [0.1, 0.15) is 0 Å². The van der Waals surface area contributed by atoms with Gasteiger partial charge in [-0.3, -0.25) is 0 Å². The van der Waals surface area contributed by atoms with Crippen LogP contribution in [0.3, 0.4) is 0 Å². The Bertz CT molecular complexity index is 57.5. The van der Waals surface area contributed by atoms with Crippen LogP contribution in [-0.2, 0) is 0 Å². The third kappa shape index (κ3) is 1.46. The molecule has 8 heavy (non-hydrogen) atoms. The standard InChI is InChI=1S/C6H12N2/c1-2-8-5-3-7-4-6-8/h1,7H,2-6H2. The van der Waals surface area contributed by atoms with Crippen LogP contribution in [-0.4, -0.2) is 37.6 Å². The third-order valence-electron chi connectivity index (χ3n) is 1.47. The molecule has 1 saturated heterocycles. The average molecular weight is 112 g/mol. The van der Waals surface area contributed by atoms with Crippen LogP contribution < -0.4 is 5.32 Å². The minimum atomic E-state index is 0.710. The Morgan fingerprint density at radius 1 is 1.38 bits per heavy atom. The van der Waals surface area contributed by atoms with E-state index in [0.29, 0.717) is 6.54 Å². The molecule has 1 aliphatic rings. The first-order valence-corrected chi connectivity index (χ1v) is 3.06. The molecule has 1 N–H and O–H groups in total. The first kappa shape index (κ1) is 6.05. The van der Waals surface area contributed by atoms with Crippen molar-refractivity contribution in [3.05, 3.63) is 6.92 Å². The number of hydrogen-bond donors (Lipinski definition) is 1. The highest BCUT2D eigenvalue weighted by molar-refractivity contribution is 4.67. The Kier molecular flexibility index (Phi) is 2.30. The molecule has 0 aromatic heterocycles. The topological polar surface area (TPSA) is 15.3 Å². The summed E-state index contributed by atoms with van der Waals surface area (Å²) in [5.74, 6) is 0. The van der Waals surface area contributed by atoms with E-state index in [2.05, 4.69) is 10.2 Å². The predicted octanol–water partition coefficient (Wildman–Crippen LogP) is -0.397. The zero-order valence-corrected chi connectivity index (χ0v) is 5.06. The molecule has 1 fully saturated rings. The highest BCUT2D eigenvalue weighted by Crippen LogP contribution is 1.88. The molecule has 0 amide bonds. The van der Waals surface area contributed by atoms with Crippen LogP contribution in [0.4, 0.5) is 0 Å². The van der Waals surface area contributed by atoms with Crippen LogP contribution >= 0.6 is 0 Å². The number of nitrogens with zero attached hydrogens (tertiary/aromatic N) is 1. The van der Waals surface area contributed by atoms with Crippen LogP contribution in [0.25, 0.3) is 0 Å². The molecule has 0 bridgehead atoms. The summed E-state index contributed by atoms with van der Waals surface area (Å²) in [4.78, 5) is 2.23.